The molecule has 4 nitrogen and oxygen atoms in total. The van der Waals surface area contributed by atoms with Crippen LogP contribution < -0.4 is 10.4 Å². The highest BCUT2D eigenvalue weighted by atomic mass is 16.5. The number of benzene rings is 2. The summed E-state index contributed by atoms with van der Waals surface area (Å²) in [5.41, 5.74) is 5.90. The topological polar surface area (TPSA) is 36.2 Å². The number of rotatable bonds is 4. The minimum absolute atomic E-state index is 0.0344. The average Bonchev–Trinajstić information content (AvgIpc) is 2.85. The van der Waals surface area contributed by atoms with Crippen LogP contribution in [0.3, 0.4) is 0 Å². The van der Waals surface area contributed by atoms with Gasteiger partial charge in [-0.3, -0.25) is 9.13 Å². The van der Waals surface area contributed by atoms with Crippen molar-refractivity contribution in [3.8, 4) is 5.75 Å². The molecule has 0 saturated heterocycles. The molecule has 2 aromatic carbocycles. The van der Waals surface area contributed by atoms with Crippen LogP contribution in [0.15, 0.2) is 58.9 Å². The van der Waals surface area contributed by atoms with E-state index in [0.29, 0.717) is 6.54 Å². The Bertz CT molecular complexity index is 1000. The van der Waals surface area contributed by atoms with E-state index in [9.17, 15) is 4.79 Å². The van der Waals surface area contributed by atoms with Crippen molar-refractivity contribution in [1.29, 1.82) is 0 Å². The zero-order valence-electron chi connectivity index (χ0n) is 14.7. The molecule has 0 radical (unpaired) electrons. The van der Waals surface area contributed by atoms with Crippen molar-refractivity contribution in [2.75, 3.05) is 7.11 Å². The highest BCUT2D eigenvalue weighted by Crippen LogP contribution is 2.35. The molecule has 4 heteroatoms. The quantitative estimate of drug-likeness (QED) is 0.723. The van der Waals surface area contributed by atoms with E-state index >= 15 is 0 Å². The Morgan fingerprint density at radius 2 is 1.72 bits per heavy atom. The van der Waals surface area contributed by atoms with Crippen molar-refractivity contribution in [3.63, 3.8) is 0 Å². The summed E-state index contributed by atoms with van der Waals surface area (Å²) in [6, 6.07) is 16.1. The van der Waals surface area contributed by atoms with Crippen molar-refractivity contribution in [3.05, 3.63) is 70.2 Å². The van der Waals surface area contributed by atoms with Gasteiger partial charge in [-0.1, -0.05) is 29.8 Å². The molecule has 4 rings (SSSR count). The fourth-order valence-electron chi connectivity index (χ4n) is 3.53. The lowest BCUT2D eigenvalue weighted by Crippen LogP contribution is -2.23. The minimum atomic E-state index is 0.0344. The van der Waals surface area contributed by atoms with Gasteiger partial charge in [0.05, 0.1) is 24.7 Å². The number of allylic oxidation sites excluding steroid dienone is 2. The van der Waals surface area contributed by atoms with E-state index in [1.807, 2.05) is 48.0 Å². The first kappa shape index (κ1) is 15.8. The molecule has 0 bridgehead atoms. The fourth-order valence-corrected chi connectivity index (χ4v) is 3.53. The van der Waals surface area contributed by atoms with Crippen molar-refractivity contribution in [2.45, 2.75) is 25.8 Å². The van der Waals surface area contributed by atoms with Gasteiger partial charge in [-0.15, -0.1) is 0 Å². The highest BCUT2D eigenvalue weighted by molar-refractivity contribution is 5.78. The predicted octanol–water partition coefficient (Wildman–Crippen LogP) is 3.99. The number of nitrogens with zero attached hydrogens (tertiary/aromatic N) is 2. The van der Waals surface area contributed by atoms with Crippen LogP contribution in [0, 0.1) is 0 Å². The van der Waals surface area contributed by atoms with Gasteiger partial charge in [0.15, 0.2) is 0 Å². The van der Waals surface area contributed by atoms with E-state index in [-0.39, 0.29) is 5.69 Å². The Balaban J connectivity index is 1.81. The van der Waals surface area contributed by atoms with Gasteiger partial charge in [-0.25, -0.2) is 4.79 Å². The maximum absolute atomic E-state index is 12.8. The molecule has 0 amide bonds. The second-order valence-corrected chi connectivity index (χ2v) is 6.58. The number of ether oxygens (including phenoxy) is 1. The second kappa shape index (κ2) is 6.28. The fraction of sp³-hybridized carbons (Fsp3) is 0.286. The van der Waals surface area contributed by atoms with Gasteiger partial charge < -0.3 is 4.74 Å². The van der Waals surface area contributed by atoms with Gasteiger partial charge in [0.1, 0.15) is 5.75 Å². The number of hydrogen-bond donors (Lipinski definition) is 0. The lowest BCUT2D eigenvalue weighted by atomic mass is 9.85. The number of hydrogen-bond acceptors (Lipinski definition) is 2. The van der Waals surface area contributed by atoms with E-state index in [1.54, 1.807) is 11.7 Å². The molecule has 0 aliphatic heterocycles. The molecule has 0 unspecified atom stereocenters. The number of aryl methyl sites for hydroxylation is 1. The van der Waals surface area contributed by atoms with Crippen molar-refractivity contribution < 1.29 is 4.74 Å². The summed E-state index contributed by atoms with van der Waals surface area (Å²) in [7, 11) is 3.51. The molecule has 1 aromatic heterocycles. The maximum Gasteiger partial charge on any atom is 0.329 e. The molecule has 3 aromatic rings. The van der Waals surface area contributed by atoms with Crippen LogP contribution in [0.25, 0.3) is 16.6 Å². The van der Waals surface area contributed by atoms with Crippen LogP contribution in [0.4, 0.5) is 0 Å². The molecule has 1 aliphatic carbocycles. The molecule has 1 aliphatic rings. The molecule has 0 spiro atoms. The van der Waals surface area contributed by atoms with E-state index in [2.05, 4.69) is 12.1 Å². The maximum atomic E-state index is 12.8. The third kappa shape index (κ3) is 2.68. The van der Waals surface area contributed by atoms with E-state index in [1.165, 1.54) is 23.1 Å². The molecular formula is C21H22N2O2. The van der Waals surface area contributed by atoms with Crippen LogP contribution in [0.2, 0.25) is 0 Å². The van der Waals surface area contributed by atoms with Gasteiger partial charge >= 0.3 is 5.69 Å². The lowest BCUT2D eigenvalue weighted by molar-refractivity contribution is 0.415. The summed E-state index contributed by atoms with van der Waals surface area (Å²) in [5.74, 6) is 0.851. The lowest BCUT2D eigenvalue weighted by Gasteiger charge is -2.23. The van der Waals surface area contributed by atoms with E-state index < -0.39 is 0 Å². The summed E-state index contributed by atoms with van der Waals surface area (Å²) >= 11 is 0. The van der Waals surface area contributed by atoms with Crippen LogP contribution in [0.1, 0.15) is 24.8 Å². The molecule has 25 heavy (non-hydrogen) atoms. The Kier molecular flexibility index (Phi) is 3.96. The third-order valence-electron chi connectivity index (χ3n) is 5.19. The van der Waals surface area contributed by atoms with Crippen molar-refractivity contribution >= 4 is 16.6 Å². The predicted molar refractivity (Wildman–Crippen MR) is 101 cm³/mol. The number of aromatic nitrogens is 2. The molecule has 1 heterocycles. The zero-order chi connectivity index (χ0) is 17.4. The van der Waals surface area contributed by atoms with E-state index in [0.717, 1.165) is 29.6 Å². The number of methoxy groups -OCH3 is 1. The number of imidazole rings is 1. The molecule has 1 saturated carbocycles. The largest absolute Gasteiger partial charge is 0.497 e. The summed E-state index contributed by atoms with van der Waals surface area (Å²) in [5, 5.41) is 0. The van der Waals surface area contributed by atoms with Gasteiger partial charge in [-0.05, 0) is 54.7 Å². The monoisotopic (exact) mass is 334 g/mol. The van der Waals surface area contributed by atoms with Crippen molar-refractivity contribution in [1.82, 2.24) is 9.13 Å². The first-order valence-electron chi connectivity index (χ1n) is 8.68. The Labute approximate surface area is 147 Å². The average molecular weight is 334 g/mol. The standard InChI is InChI=1S/C21H22N2O2/c1-22-19-8-3-4-9-20(19)23(21(22)24)14-18(15-6-5-7-15)16-10-12-17(25-2)13-11-16/h3-4,8-13H,5-7,14H2,1-2H3. The first-order valence-corrected chi connectivity index (χ1v) is 8.68. The van der Waals surface area contributed by atoms with Gasteiger partial charge in [0.25, 0.3) is 0 Å². The van der Waals surface area contributed by atoms with Crippen LogP contribution in [0.5, 0.6) is 5.75 Å². The number of fused-ring (bicyclic) bond motifs is 1. The molecular weight excluding hydrogens is 312 g/mol. The summed E-state index contributed by atoms with van der Waals surface area (Å²) < 4.78 is 8.89. The molecule has 128 valence electrons. The molecule has 0 N–H and O–H groups in total. The SMILES string of the molecule is COc1ccc(C(Cn2c(=O)n(C)c3ccccc32)=C2CCC2)cc1. The summed E-state index contributed by atoms with van der Waals surface area (Å²) in [6.07, 6.45) is 3.49. The minimum Gasteiger partial charge on any atom is -0.497 e. The van der Waals surface area contributed by atoms with Crippen LogP contribution >= 0.6 is 0 Å². The summed E-state index contributed by atoms with van der Waals surface area (Å²) in [4.78, 5) is 12.8. The van der Waals surface area contributed by atoms with Gasteiger partial charge in [0.2, 0.25) is 0 Å². The Hall–Kier alpha value is -2.75. The first-order chi connectivity index (χ1) is 12.2. The van der Waals surface area contributed by atoms with Gasteiger partial charge in [-0.2, -0.15) is 0 Å². The second-order valence-electron chi connectivity index (χ2n) is 6.58. The third-order valence-corrected chi connectivity index (χ3v) is 5.19. The Morgan fingerprint density at radius 1 is 1.04 bits per heavy atom. The number of para-hydroxylation sites is 2. The van der Waals surface area contributed by atoms with Crippen LogP contribution in [-0.2, 0) is 13.6 Å². The van der Waals surface area contributed by atoms with Crippen molar-refractivity contribution in [2.24, 2.45) is 7.05 Å². The highest BCUT2D eigenvalue weighted by Gasteiger charge is 2.19. The normalized spacial score (nSPS) is 13.8. The van der Waals surface area contributed by atoms with E-state index in [4.69, 9.17) is 4.74 Å². The van der Waals surface area contributed by atoms with Crippen LogP contribution in [-0.4, -0.2) is 16.2 Å². The molecule has 1 fully saturated rings. The summed E-state index contributed by atoms with van der Waals surface area (Å²) in [6.45, 7) is 0.613. The smallest absolute Gasteiger partial charge is 0.329 e. The van der Waals surface area contributed by atoms with Gasteiger partial charge in [0, 0.05) is 7.05 Å². The molecule has 0 atom stereocenters. The Morgan fingerprint density at radius 3 is 2.32 bits per heavy atom. The zero-order valence-corrected chi connectivity index (χ0v) is 14.7.